The van der Waals surface area contributed by atoms with E-state index in [4.69, 9.17) is 12.2 Å². The van der Waals surface area contributed by atoms with E-state index in [1.165, 1.54) is 0 Å². The van der Waals surface area contributed by atoms with E-state index in [-0.39, 0.29) is 0 Å². The number of para-hydroxylation sites is 1. The van der Waals surface area contributed by atoms with Crippen LogP contribution < -0.4 is 5.32 Å². The van der Waals surface area contributed by atoms with Gasteiger partial charge in [-0.15, -0.1) is 0 Å². The second kappa shape index (κ2) is 4.02. The zero-order chi connectivity index (χ0) is 9.80. The van der Waals surface area contributed by atoms with Crippen molar-refractivity contribution in [1.82, 2.24) is 9.78 Å². The molecule has 70 valence electrons. The molecule has 4 heteroatoms. The average molecular weight is 203 g/mol. The first kappa shape index (κ1) is 8.90. The Balaban J connectivity index is 2.10. The normalized spacial score (nSPS) is 9.71. The van der Waals surface area contributed by atoms with Gasteiger partial charge in [-0.1, -0.05) is 18.2 Å². The summed E-state index contributed by atoms with van der Waals surface area (Å²) in [7, 11) is 0. The molecular weight excluding hydrogens is 194 g/mol. The Labute approximate surface area is 87.4 Å². The van der Waals surface area contributed by atoms with E-state index < -0.39 is 0 Å². The molecule has 14 heavy (non-hydrogen) atoms. The summed E-state index contributed by atoms with van der Waals surface area (Å²) in [5.74, 6) is 0. The number of anilines is 1. The molecule has 0 saturated carbocycles. The SMILES string of the molecule is S=C(Nc1ccccc1)n1cccn1. The number of thiocarbonyl (C=S) groups is 1. The summed E-state index contributed by atoms with van der Waals surface area (Å²) in [4.78, 5) is 0. The third-order valence-corrected chi connectivity index (χ3v) is 2.03. The number of nitrogens with one attached hydrogen (secondary N) is 1. The van der Waals surface area contributed by atoms with E-state index in [0.717, 1.165) is 5.69 Å². The summed E-state index contributed by atoms with van der Waals surface area (Å²) >= 11 is 5.15. The summed E-state index contributed by atoms with van der Waals surface area (Å²) in [6, 6.07) is 11.6. The first-order valence-corrected chi connectivity index (χ1v) is 4.63. The average Bonchev–Trinajstić information content (AvgIpc) is 2.72. The highest BCUT2D eigenvalue weighted by Crippen LogP contribution is 2.05. The molecule has 2 rings (SSSR count). The van der Waals surface area contributed by atoms with Gasteiger partial charge in [0.25, 0.3) is 0 Å². The van der Waals surface area contributed by atoms with Crippen LogP contribution in [0.3, 0.4) is 0 Å². The molecule has 2 aromatic rings. The van der Waals surface area contributed by atoms with Crippen LogP contribution >= 0.6 is 12.2 Å². The summed E-state index contributed by atoms with van der Waals surface area (Å²) < 4.78 is 1.61. The predicted molar refractivity (Wildman–Crippen MR) is 60.3 cm³/mol. The Morgan fingerprint density at radius 1 is 1.21 bits per heavy atom. The lowest BCUT2D eigenvalue weighted by molar-refractivity contribution is 0.947. The van der Waals surface area contributed by atoms with Crippen molar-refractivity contribution in [3.05, 3.63) is 48.8 Å². The van der Waals surface area contributed by atoms with Crippen LogP contribution in [0.2, 0.25) is 0 Å². The highest BCUT2D eigenvalue weighted by Gasteiger charge is 1.98. The number of hydrogen-bond acceptors (Lipinski definition) is 2. The van der Waals surface area contributed by atoms with Gasteiger partial charge in [0.2, 0.25) is 0 Å². The molecule has 0 atom stereocenters. The molecule has 0 radical (unpaired) electrons. The minimum Gasteiger partial charge on any atom is -0.331 e. The van der Waals surface area contributed by atoms with Crippen molar-refractivity contribution >= 4 is 23.0 Å². The van der Waals surface area contributed by atoms with Crippen molar-refractivity contribution in [2.75, 3.05) is 5.32 Å². The van der Waals surface area contributed by atoms with Crippen LogP contribution in [0.4, 0.5) is 5.69 Å². The van der Waals surface area contributed by atoms with Crippen molar-refractivity contribution < 1.29 is 0 Å². The molecule has 0 bridgehead atoms. The second-order valence-electron chi connectivity index (χ2n) is 2.75. The highest BCUT2D eigenvalue weighted by molar-refractivity contribution is 7.80. The zero-order valence-electron chi connectivity index (χ0n) is 7.42. The number of rotatable bonds is 1. The molecule has 0 aliphatic carbocycles. The van der Waals surface area contributed by atoms with Gasteiger partial charge in [0, 0.05) is 18.1 Å². The lowest BCUT2D eigenvalue weighted by Crippen LogP contribution is -2.19. The predicted octanol–water partition coefficient (Wildman–Crippen LogP) is 2.13. The molecule has 0 unspecified atom stereocenters. The Hall–Kier alpha value is -1.68. The lowest BCUT2D eigenvalue weighted by atomic mass is 10.3. The molecule has 1 heterocycles. The molecule has 0 aliphatic rings. The molecule has 0 amide bonds. The number of aromatic nitrogens is 2. The second-order valence-corrected chi connectivity index (χ2v) is 3.13. The molecule has 0 spiro atoms. The molecule has 0 fully saturated rings. The van der Waals surface area contributed by atoms with Crippen LogP contribution in [-0.2, 0) is 0 Å². The third kappa shape index (κ3) is 1.97. The summed E-state index contributed by atoms with van der Waals surface area (Å²) in [6.45, 7) is 0. The fourth-order valence-corrected chi connectivity index (χ4v) is 1.32. The van der Waals surface area contributed by atoms with E-state index in [1.807, 2.05) is 36.4 Å². The van der Waals surface area contributed by atoms with Gasteiger partial charge in [0.1, 0.15) is 0 Å². The fourth-order valence-electron chi connectivity index (χ4n) is 1.09. The maximum atomic E-state index is 5.15. The van der Waals surface area contributed by atoms with Crippen LogP contribution in [0.5, 0.6) is 0 Å². The van der Waals surface area contributed by atoms with E-state index >= 15 is 0 Å². The Morgan fingerprint density at radius 3 is 2.64 bits per heavy atom. The quantitative estimate of drug-likeness (QED) is 0.720. The minimum atomic E-state index is 0.571. The van der Waals surface area contributed by atoms with Gasteiger partial charge in [-0.05, 0) is 30.4 Å². The Morgan fingerprint density at radius 2 is 2.00 bits per heavy atom. The van der Waals surface area contributed by atoms with E-state index in [2.05, 4.69) is 10.4 Å². The van der Waals surface area contributed by atoms with E-state index in [9.17, 15) is 0 Å². The maximum absolute atomic E-state index is 5.15. The van der Waals surface area contributed by atoms with Crippen molar-refractivity contribution in [1.29, 1.82) is 0 Å². The van der Waals surface area contributed by atoms with Crippen molar-refractivity contribution in [2.45, 2.75) is 0 Å². The van der Waals surface area contributed by atoms with Gasteiger partial charge >= 0.3 is 0 Å². The number of hydrogen-bond donors (Lipinski definition) is 1. The van der Waals surface area contributed by atoms with Gasteiger partial charge in [0.15, 0.2) is 5.11 Å². The third-order valence-electron chi connectivity index (χ3n) is 1.74. The van der Waals surface area contributed by atoms with Gasteiger partial charge in [-0.25, -0.2) is 4.68 Å². The topological polar surface area (TPSA) is 29.9 Å². The standard InChI is InChI=1S/C10H9N3S/c14-10(13-8-4-7-11-13)12-9-5-2-1-3-6-9/h1-8H,(H,12,14). The van der Waals surface area contributed by atoms with E-state index in [1.54, 1.807) is 17.1 Å². The first-order chi connectivity index (χ1) is 6.86. The first-order valence-electron chi connectivity index (χ1n) is 4.22. The smallest absolute Gasteiger partial charge is 0.198 e. The van der Waals surface area contributed by atoms with Crippen LogP contribution in [0.15, 0.2) is 48.8 Å². The van der Waals surface area contributed by atoms with Crippen LogP contribution in [-0.4, -0.2) is 14.9 Å². The van der Waals surface area contributed by atoms with Gasteiger partial charge < -0.3 is 5.32 Å². The number of nitrogens with zero attached hydrogens (tertiary/aromatic N) is 2. The minimum absolute atomic E-state index is 0.571. The fraction of sp³-hybridized carbons (Fsp3) is 0. The molecule has 0 saturated heterocycles. The molecule has 3 nitrogen and oxygen atoms in total. The Bertz CT molecular complexity index is 408. The van der Waals surface area contributed by atoms with Gasteiger partial charge in [-0.2, -0.15) is 5.10 Å². The number of benzene rings is 1. The monoisotopic (exact) mass is 203 g/mol. The van der Waals surface area contributed by atoms with Crippen molar-refractivity contribution in [3.8, 4) is 0 Å². The zero-order valence-corrected chi connectivity index (χ0v) is 8.24. The molecule has 1 aromatic heterocycles. The van der Waals surface area contributed by atoms with Gasteiger partial charge in [0.05, 0.1) is 0 Å². The molecule has 1 N–H and O–H groups in total. The maximum Gasteiger partial charge on any atom is 0.198 e. The van der Waals surface area contributed by atoms with Crippen LogP contribution in [0.1, 0.15) is 0 Å². The van der Waals surface area contributed by atoms with Crippen molar-refractivity contribution in [2.24, 2.45) is 0 Å². The van der Waals surface area contributed by atoms with Crippen LogP contribution in [0.25, 0.3) is 0 Å². The van der Waals surface area contributed by atoms with E-state index in [0.29, 0.717) is 5.11 Å². The molecule has 0 aliphatic heterocycles. The molecular formula is C10H9N3S. The van der Waals surface area contributed by atoms with Gasteiger partial charge in [-0.3, -0.25) is 0 Å². The summed E-state index contributed by atoms with van der Waals surface area (Å²) in [6.07, 6.45) is 3.50. The van der Waals surface area contributed by atoms with Crippen LogP contribution in [0, 0.1) is 0 Å². The summed E-state index contributed by atoms with van der Waals surface area (Å²) in [5, 5.41) is 7.67. The lowest BCUT2D eigenvalue weighted by Gasteiger charge is -2.06. The summed E-state index contributed by atoms with van der Waals surface area (Å²) in [5.41, 5.74) is 0.966. The van der Waals surface area contributed by atoms with Crippen molar-refractivity contribution in [3.63, 3.8) is 0 Å². The largest absolute Gasteiger partial charge is 0.331 e. The highest BCUT2D eigenvalue weighted by atomic mass is 32.1. The molecule has 1 aromatic carbocycles. The Kier molecular flexibility index (Phi) is 2.55.